The van der Waals surface area contributed by atoms with Gasteiger partial charge in [-0.05, 0) is 54.6 Å². The van der Waals surface area contributed by atoms with Gasteiger partial charge in [-0.3, -0.25) is 14.5 Å². The van der Waals surface area contributed by atoms with E-state index in [0.29, 0.717) is 17.2 Å². The molecule has 0 spiro atoms. The lowest BCUT2D eigenvalue weighted by atomic mass is 9.98. The Kier molecular flexibility index (Phi) is 7.24. The summed E-state index contributed by atoms with van der Waals surface area (Å²) in [5.74, 6) is -0.747. The molecule has 1 aliphatic rings. The number of nitrogens with zero attached hydrogens (tertiary/aromatic N) is 1. The number of ketones is 1. The number of furan rings is 1. The number of rotatable bonds is 7. The van der Waals surface area contributed by atoms with Gasteiger partial charge in [0.2, 0.25) is 0 Å². The van der Waals surface area contributed by atoms with E-state index in [1.165, 1.54) is 31.4 Å². The fourth-order valence-electron chi connectivity index (χ4n) is 4.41. The molecule has 10 heteroatoms. The lowest BCUT2D eigenvalue weighted by molar-refractivity contribution is -0.132. The molecule has 3 aromatic carbocycles. The Labute approximate surface area is 233 Å². The van der Waals surface area contributed by atoms with Crippen molar-refractivity contribution in [1.82, 2.24) is 0 Å². The quantitative estimate of drug-likeness (QED) is 0.146. The van der Waals surface area contributed by atoms with Crippen LogP contribution in [0.2, 0.25) is 10.0 Å². The third kappa shape index (κ3) is 4.69. The van der Waals surface area contributed by atoms with Crippen molar-refractivity contribution in [2.75, 3.05) is 19.1 Å². The zero-order chi connectivity index (χ0) is 27.7. The Balaban J connectivity index is 1.62. The predicted molar refractivity (Wildman–Crippen MR) is 146 cm³/mol. The number of para-hydroxylation sites is 1. The van der Waals surface area contributed by atoms with Gasteiger partial charge in [0.25, 0.3) is 11.7 Å². The average molecular weight is 566 g/mol. The highest BCUT2D eigenvalue weighted by Gasteiger charge is 2.48. The molecule has 1 aliphatic heterocycles. The van der Waals surface area contributed by atoms with E-state index < -0.39 is 23.5 Å². The first-order valence-electron chi connectivity index (χ1n) is 11.6. The molecule has 0 radical (unpaired) electrons. The standard InChI is InChI=1S/C29H21Cl2NO7/c1-36-27-19(15-20(30)28(37-2)23(27)31)25(33)22-24(21-9-6-14-38-21)32(29(35)26(22)34)16-10-12-18(13-11-16)39-17-7-4-3-5-8-17/h3-15,24,33H,1-2H3/b25-22-. The molecule has 1 N–H and O–H groups in total. The van der Waals surface area contributed by atoms with Crippen LogP contribution in [0.3, 0.4) is 0 Å². The van der Waals surface area contributed by atoms with E-state index in [4.69, 9.17) is 41.8 Å². The molecular formula is C29H21Cl2NO7. The number of hydrogen-bond donors (Lipinski definition) is 1. The molecular weight excluding hydrogens is 545 g/mol. The van der Waals surface area contributed by atoms with Gasteiger partial charge in [0.05, 0.1) is 36.6 Å². The van der Waals surface area contributed by atoms with Crippen molar-refractivity contribution in [3.63, 3.8) is 0 Å². The molecule has 0 saturated carbocycles. The van der Waals surface area contributed by atoms with E-state index in [0.717, 1.165) is 0 Å². The molecule has 39 heavy (non-hydrogen) atoms. The number of amides is 1. The first-order chi connectivity index (χ1) is 18.8. The summed E-state index contributed by atoms with van der Waals surface area (Å²) in [7, 11) is 2.72. The highest BCUT2D eigenvalue weighted by molar-refractivity contribution is 6.51. The van der Waals surface area contributed by atoms with Gasteiger partial charge < -0.3 is 23.7 Å². The third-order valence-corrected chi connectivity index (χ3v) is 6.77. The topological polar surface area (TPSA) is 98.4 Å². The van der Waals surface area contributed by atoms with Gasteiger partial charge in [-0.15, -0.1) is 0 Å². The van der Waals surface area contributed by atoms with Crippen molar-refractivity contribution >= 4 is 46.3 Å². The maximum atomic E-state index is 13.4. The molecule has 1 aromatic heterocycles. The van der Waals surface area contributed by atoms with E-state index in [-0.39, 0.29) is 38.4 Å². The Morgan fingerprint density at radius 3 is 2.18 bits per heavy atom. The Hall–Kier alpha value is -4.40. The minimum Gasteiger partial charge on any atom is -0.507 e. The van der Waals surface area contributed by atoms with Crippen molar-refractivity contribution in [3.8, 4) is 23.0 Å². The molecule has 198 valence electrons. The summed E-state index contributed by atoms with van der Waals surface area (Å²) in [6.07, 6.45) is 1.41. The van der Waals surface area contributed by atoms with Crippen LogP contribution in [0.25, 0.3) is 5.76 Å². The number of aliphatic hydroxyl groups is 1. The van der Waals surface area contributed by atoms with Crippen molar-refractivity contribution < 1.29 is 33.3 Å². The van der Waals surface area contributed by atoms with E-state index >= 15 is 0 Å². The van der Waals surface area contributed by atoms with E-state index in [1.54, 1.807) is 36.4 Å². The summed E-state index contributed by atoms with van der Waals surface area (Å²) in [6.45, 7) is 0. The monoisotopic (exact) mass is 565 g/mol. The van der Waals surface area contributed by atoms with Gasteiger partial charge in [0.15, 0.2) is 11.5 Å². The van der Waals surface area contributed by atoms with E-state index in [2.05, 4.69) is 0 Å². The average Bonchev–Trinajstić information content (AvgIpc) is 3.56. The van der Waals surface area contributed by atoms with Gasteiger partial charge >= 0.3 is 0 Å². The minimum atomic E-state index is -1.09. The second-order valence-corrected chi connectivity index (χ2v) is 9.17. The first kappa shape index (κ1) is 26.2. The van der Waals surface area contributed by atoms with Crippen molar-refractivity contribution in [3.05, 3.63) is 106 Å². The number of halogens is 2. The highest BCUT2D eigenvalue weighted by Crippen LogP contribution is 2.48. The molecule has 2 heterocycles. The molecule has 0 aliphatic carbocycles. The van der Waals surface area contributed by atoms with Crippen LogP contribution >= 0.6 is 23.2 Å². The second-order valence-electron chi connectivity index (χ2n) is 8.38. The smallest absolute Gasteiger partial charge is 0.300 e. The number of hydrogen-bond acceptors (Lipinski definition) is 7. The summed E-state index contributed by atoms with van der Waals surface area (Å²) in [5.41, 5.74) is 0.167. The van der Waals surface area contributed by atoms with Crippen LogP contribution in [0.15, 0.2) is 89.0 Å². The number of carbonyl (C=O) groups excluding carboxylic acids is 2. The zero-order valence-electron chi connectivity index (χ0n) is 20.7. The second kappa shape index (κ2) is 10.8. The number of aliphatic hydroxyl groups excluding tert-OH is 1. The lowest BCUT2D eigenvalue weighted by Gasteiger charge is -2.24. The summed E-state index contributed by atoms with van der Waals surface area (Å²) >= 11 is 12.7. The maximum absolute atomic E-state index is 13.4. The van der Waals surface area contributed by atoms with Crippen LogP contribution < -0.4 is 19.1 Å². The predicted octanol–water partition coefficient (Wildman–Crippen LogP) is 7.02. The van der Waals surface area contributed by atoms with Crippen LogP contribution in [-0.4, -0.2) is 31.0 Å². The molecule has 1 saturated heterocycles. The number of benzene rings is 3. The number of carbonyl (C=O) groups is 2. The number of ether oxygens (including phenoxy) is 3. The molecule has 1 unspecified atom stereocenters. The zero-order valence-corrected chi connectivity index (χ0v) is 22.2. The highest BCUT2D eigenvalue weighted by atomic mass is 35.5. The van der Waals surface area contributed by atoms with Gasteiger partial charge in [-0.2, -0.15) is 0 Å². The van der Waals surface area contributed by atoms with Gasteiger partial charge in [-0.25, -0.2) is 0 Å². The van der Waals surface area contributed by atoms with E-state index in [9.17, 15) is 14.7 Å². The van der Waals surface area contributed by atoms with Crippen molar-refractivity contribution in [2.24, 2.45) is 0 Å². The van der Waals surface area contributed by atoms with Crippen LogP contribution in [-0.2, 0) is 9.59 Å². The van der Waals surface area contributed by atoms with Crippen LogP contribution in [0.4, 0.5) is 5.69 Å². The molecule has 5 rings (SSSR count). The summed E-state index contributed by atoms with van der Waals surface area (Å²) in [5, 5.41) is 11.5. The number of methoxy groups -OCH3 is 2. The Morgan fingerprint density at radius 2 is 1.56 bits per heavy atom. The van der Waals surface area contributed by atoms with Gasteiger partial charge in [0.1, 0.15) is 34.1 Å². The first-order valence-corrected chi connectivity index (χ1v) is 12.4. The van der Waals surface area contributed by atoms with Crippen LogP contribution in [0, 0.1) is 0 Å². The fraction of sp³-hybridized carbons (Fsp3) is 0.103. The fourth-order valence-corrected chi connectivity index (χ4v) is 5.09. The minimum absolute atomic E-state index is 0.00756. The van der Waals surface area contributed by atoms with Crippen LogP contribution in [0.1, 0.15) is 17.4 Å². The summed E-state index contributed by atoms with van der Waals surface area (Å²) in [4.78, 5) is 28.0. The number of Topliss-reactive ketones (excluding diaryl/α,β-unsaturated/α-hetero) is 1. The summed E-state index contributed by atoms with van der Waals surface area (Å²) < 4.78 is 22.1. The van der Waals surface area contributed by atoms with E-state index in [1.807, 2.05) is 30.3 Å². The van der Waals surface area contributed by atoms with Crippen molar-refractivity contribution in [2.45, 2.75) is 6.04 Å². The van der Waals surface area contributed by atoms with Crippen LogP contribution in [0.5, 0.6) is 23.0 Å². The molecule has 1 fully saturated rings. The normalized spacial score (nSPS) is 16.4. The Morgan fingerprint density at radius 1 is 0.897 bits per heavy atom. The van der Waals surface area contributed by atoms with Gasteiger partial charge in [0, 0.05) is 5.69 Å². The third-order valence-electron chi connectivity index (χ3n) is 6.15. The SMILES string of the molecule is COc1c(Cl)cc(/C(O)=C2/C(=O)C(=O)N(c3ccc(Oc4ccccc4)cc3)C2c2ccco2)c(OC)c1Cl. The molecule has 0 bridgehead atoms. The maximum Gasteiger partial charge on any atom is 0.300 e. The van der Waals surface area contributed by atoms with Crippen molar-refractivity contribution in [1.29, 1.82) is 0 Å². The Bertz CT molecular complexity index is 1570. The van der Waals surface area contributed by atoms with Gasteiger partial charge in [-0.1, -0.05) is 41.4 Å². The molecule has 1 amide bonds. The molecule has 4 aromatic rings. The molecule has 8 nitrogen and oxygen atoms in total. The number of anilines is 1. The summed E-state index contributed by atoms with van der Waals surface area (Å²) in [6, 6.07) is 19.3. The molecule has 1 atom stereocenters. The largest absolute Gasteiger partial charge is 0.507 e. The lowest BCUT2D eigenvalue weighted by Crippen LogP contribution is -2.29.